The fourth-order valence-corrected chi connectivity index (χ4v) is 9.18. The Labute approximate surface area is 489 Å². The van der Waals surface area contributed by atoms with Gasteiger partial charge in [-0.1, -0.05) is 60.7 Å². The van der Waals surface area contributed by atoms with Crippen LogP contribution in [0.15, 0.2) is 108 Å². The predicted molar refractivity (Wildman–Crippen MR) is 319 cm³/mol. The van der Waals surface area contributed by atoms with Gasteiger partial charge in [-0.25, -0.2) is 4.98 Å². The number of aromatic hydroxyl groups is 1. The van der Waals surface area contributed by atoms with E-state index in [9.17, 15) is 43.5 Å². The molecule has 0 aliphatic heterocycles. The number of fused-ring (bicyclic) bond motifs is 1. The largest absolute Gasteiger partial charge is 0.508 e. The van der Waals surface area contributed by atoms with Crippen LogP contribution in [0.2, 0.25) is 0 Å². The van der Waals surface area contributed by atoms with Crippen LogP contribution in [-0.2, 0) is 64.0 Å². The van der Waals surface area contributed by atoms with E-state index >= 15 is 0 Å². The highest BCUT2D eigenvalue weighted by molar-refractivity contribution is 7.80. The highest BCUT2D eigenvalue weighted by atomic mass is 32.1. The lowest BCUT2D eigenvalue weighted by atomic mass is 10.0. The molecule has 8 atom stereocenters. The minimum absolute atomic E-state index is 0.0126. The summed E-state index contributed by atoms with van der Waals surface area (Å²) in [4.78, 5) is 130. The Kier molecular flexibility index (Phi) is 26.0. The quantitative estimate of drug-likeness (QED) is 0.00872. The Hall–Kier alpha value is -8.83. The van der Waals surface area contributed by atoms with E-state index in [2.05, 4.69) is 87.4 Å². The number of aromatic amines is 2. The number of imidazole rings is 1. The third kappa shape index (κ3) is 21.5. The first kappa shape index (κ1) is 65.0. The van der Waals surface area contributed by atoms with Gasteiger partial charge in [0.2, 0.25) is 47.3 Å². The molecule has 2 aromatic heterocycles. The summed E-state index contributed by atoms with van der Waals surface area (Å²) in [5.74, 6) is -6.86. The summed E-state index contributed by atoms with van der Waals surface area (Å²) < 4.78 is 0. The number of primary amides is 1. The summed E-state index contributed by atoms with van der Waals surface area (Å²) in [7, 11) is 0. The van der Waals surface area contributed by atoms with E-state index in [1.807, 2.05) is 24.3 Å². The molecule has 2 heterocycles. The van der Waals surface area contributed by atoms with Crippen molar-refractivity contribution in [3.63, 3.8) is 0 Å². The maximum absolute atomic E-state index is 14.8. The van der Waals surface area contributed by atoms with Gasteiger partial charge in [-0.2, -0.15) is 25.3 Å². The molecular weight excluding hydrogens is 1110 g/mol. The van der Waals surface area contributed by atoms with Crippen molar-refractivity contribution in [2.75, 3.05) is 24.6 Å². The summed E-state index contributed by atoms with van der Waals surface area (Å²) in [6.07, 6.45) is 4.41. The van der Waals surface area contributed by atoms with Gasteiger partial charge in [0.25, 0.3) is 0 Å². The van der Waals surface area contributed by atoms with E-state index < -0.39 is 95.6 Å². The van der Waals surface area contributed by atoms with Crippen LogP contribution in [0.4, 0.5) is 0 Å². The van der Waals surface area contributed by atoms with E-state index in [-0.39, 0.29) is 100 Å². The van der Waals surface area contributed by atoms with Crippen molar-refractivity contribution in [3.8, 4) is 5.75 Å². The first-order valence-electron chi connectivity index (χ1n) is 26.6. The molecule has 0 unspecified atom stereocenters. The Bertz CT molecular complexity index is 3010. The van der Waals surface area contributed by atoms with Gasteiger partial charge in [-0.3, -0.25) is 48.3 Å². The van der Waals surface area contributed by atoms with Gasteiger partial charge in [-0.05, 0) is 79.2 Å². The maximum atomic E-state index is 14.8. The Morgan fingerprint density at radius 1 is 0.530 bits per heavy atom. The molecule has 446 valence electrons. The van der Waals surface area contributed by atoms with E-state index in [1.165, 1.54) is 24.7 Å². The number of rotatable bonds is 34. The molecule has 0 aliphatic carbocycles. The molecule has 3 aromatic carbocycles. The van der Waals surface area contributed by atoms with Crippen LogP contribution in [0.5, 0.6) is 5.75 Å². The molecule has 0 saturated heterocycles. The second-order valence-electron chi connectivity index (χ2n) is 19.4. The Morgan fingerprint density at radius 2 is 1.00 bits per heavy atom. The number of aliphatic imine (C=N–C) groups is 2. The second-order valence-corrected chi connectivity index (χ2v) is 20.2. The number of para-hydroxylation sites is 1. The van der Waals surface area contributed by atoms with Gasteiger partial charge in [0.1, 0.15) is 48.0 Å². The van der Waals surface area contributed by atoms with Crippen LogP contribution in [0.3, 0.4) is 0 Å². The summed E-state index contributed by atoms with van der Waals surface area (Å²) >= 11 is 8.50. The zero-order valence-corrected chi connectivity index (χ0v) is 47.3. The van der Waals surface area contributed by atoms with Crippen LogP contribution < -0.4 is 71.6 Å². The molecule has 0 radical (unpaired) electrons. The molecule has 5 rings (SSSR count). The number of phenols is 1. The molecule has 0 spiro atoms. The molecule has 5 aromatic rings. The summed E-state index contributed by atoms with van der Waals surface area (Å²) in [6.45, 7) is 0.147. The van der Waals surface area contributed by atoms with Crippen LogP contribution in [0.1, 0.15) is 54.5 Å². The smallest absolute Gasteiger partial charge is 0.243 e. The highest BCUT2D eigenvalue weighted by Gasteiger charge is 2.35. The summed E-state index contributed by atoms with van der Waals surface area (Å²) in [6, 6.07) is 11.6. The number of H-pyrrole nitrogens is 2. The van der Waals surface area contributed by atoms with Gasteiger partial charge in [0, 0.05) is 67.1 Å². The third-order valence-electron chi connectivity index (χ3n) is 13.0. The van der Waals surface area contributed by atoms with Crippen molar-refractivity contribution in [1.82, 2.24) is 52.2 Å². The number of hydrogen-bond donors (Lipinski definition) is 18. The number of nitrogens with one attached hydrogen (secondary N) is 9. The number of nitrogens with zero attached hydrogens (tertiary/aromatic N) is 3. The fraction of sp³-hybridized carbons (Fsp3) is 0.389. The van der Waals surface area contributed by atoms with Gasteiger partial charge < -0.3 is 86.7 Å². The molecule has 27 nitrogen and oxygen atoms in total. The maximum Gasteiger partial charge on any atom is 0.243 e. The molecule has 0 fully saturated rings. The number of guanidine groups is 2. The van der Waals surface area contributed by atoms with E-state index in [0.29, 0.717) is 22.4 Å². The van der Waals surface area contributed by atoms with Crippen LogP contribution in [0.25, 0.3) is 10.9 Å². The van der Waals surface area contributed by atoms with Crippen molar-refractivity contribution in [1.29, 1.82) is 0 Å². The SMILES string of the molecule is NC(=O)[C@H](CS)NC(=O)[C@H](Cc1c[nH]c2ccccc12)NC(=O)[C@H](CCCN=C(N)N)NC(=O)[C@@H](Cc1ccccc1)NC(=O)[C@H](Cc1cnc[nH]1)NC(=O)[C@H](CCS)NC(=O)[C@H](CCCN=C(N)N)NC(=O)[C@@H](N)Cc1ccc(O)cc1. The van der Waals surface area contributed by atoms with Gasteiger partial charge in [-0.15, -0.1) is 0 Å². The van der Waals surface area contributed by atoms with Crippen molar-refractivity contribution >= 4 is 95.3 Å². The molecule has 8 amide bonds. The Balaban J connectivity index is 1.41. The average Bonchev–Trinajstić information content (AvgIpc) is 4.14. The number of carbonyl (C=O) groups is 8. The first-order valence-corrected chi connectivity index (χ1v) is 27.9. The lowest BCUT2D eigenvalue weighted by Crippen LogP contribution is -2.61. The van der Waals surface area contributed by atoms with Crippen LogP contribution in [-0.4, -0.2) is 152 Å². The second kappa shape index (κ2) is 33.2. The summed E-state index contributed by atoms with van der Waals surface area (Å²) in [5, 5.41) is 29.4. The minimum atomic E-state index is -1.44. The number of nitrogens with two attached hydrogens (primary N) is 6. The van der Waals surface area contributed by atoms with Crippen LogP contribution >= 0.6 is 25.3 Å². The lowest BCUT2D eigenvalue weighted by Gasteiger charge is -2.28. The molecule has 0 bridgehead atoms. The molecule has 83 heavy (non-hydrogen) atoms. The average molecular weight is 1180 g/mol. The summed E-state index contributed by atoms with van der Waals surface area (Å²) in [5.41, 5.74) is 37.0. The first-order chi connectivity index (χ1) is 39.7. The highest BCUT2D eigenvalue weighted by Crippen LogP contribution is 2.20. The van der Waals surface area contributed by atoms with E-state index in [0.717, 1.165) is 10.9 Å². The minimum Gasteiger partial charge on any atom is -0.508 e. The van der Waals surface area contributed by atoms with Gasteiger partial charge >= 0.3 is 0 Å². The zero-order valence-electron chi connectivity index (χ0n) is 45.5. The molecule has 0 aliphatic rings. The molecule has 29 heteroatoms. The van der Waals surface area contributed by atoms with Crippen molar-refractivity contribution < 1.29 is 43.5 Å². The zero-order chi connectivity index (χ0) is 60.4. The normalized spacial score (nSPS) is 13.9. The molecular formula is C54H74N18O9S2. The number of carbonyl (C=O) groups excluding carboxylic acids is 8. The number of aromatic nitrogens is 3. The standard InChI is InChI=1S/C54H74N18O9S2/c55-36(22-31-14-16-34(73)17-15-31)46(75)66-38(12-6-19-62-53(57)58)47(76)68-40(18-21-82)49(78)71-43(25-33-27-61-29-65-33)52(81)69-41(23-30-8-2-1-3-9-30)50(79)67-39(13-7-20-63-54(59)60)48(77)70-42(51(80)72-44(28-83)45(56)74)24-32-26-64-37-11-5-4-10-35(32)37/h1-5,8-11,14-17,26-27,29,36,38-44,64,73,82-83H,6-7,12-13,18-25,28,55H2,(H2,56,74)(H,61,65)(H,66,75)(H,67,79)(H,68,76)(H,69,81)(H,70,77)(H,71,78)(H,72,80)(H4,57,58,62)(H4,59,60,63)/t36-,38-,39-,40-,41+,42-,43-,44-/m0/s1. The number of hydrogen-bond acceptors (Lipinski definition) is 15. The van der Waals surface area contributed by atoms with Crippen molar-refractivity contribution in [3.05, 3.63) is 120 Å². The monoisotopic (exact) mass is 1180 g/mol. The van der Waals surface area contributed by atoms with Crippen molar-refractivity contribution in [2.45, 2.75) is 106 Å². The van der Waals surface area contributed by atoms with E-state index in [1.54, 1.807) is 48.7 Å². The van der Waals surface area contributed by atoms with E-state index in [4.69, 9.17) is 34.4 Å². The molecule has 0 saturated carbocycles. The number of benzene rings is 3. The van der Waals surface area contributed by atoms with Gasteiger partial charge in [0.15, 0.2) is 11.9 Å². The topological polar surface area (TPSA) is 466 Å². The predicted octanol–water partition coefficient (Wildman–Crippen LogP) is -2.57. The Morgan fingerprint density at radius 3 is 1.52 bits per heavy atom. The number of phenolic OH excluding ortho intramolecular Hbond substituents is 1. The number of thiol groups is 2. The van der Waals surface area contributed by atoms with Gasteiger partial charge in [0.05, 0.1) is 12.4 Å². The van der Waals surface area contributed by atoms with Crippen molar-refractivity contribution in [2.24, 2.45) is 44.4 Å². The molecule has 22 N–H and O–H groups in total. The van der Waals surface area contributed by atoms with Crippen LogP contribution in [0, 0.1) is 0 Å². The fourth-order valence-electron chi connectivity index (χ4n) is 8.65. The third-order valence-corrected chi connectivity index (χ3v) is 13.7. The lowest BCUT2D eigenvalue weighted by molar-refractivity contribution is -0.135. The number of amides is 8.